The van der Waals surface area contributed by atoms with Gasteiger partial charge in [0.25, 0.3) is 0 Å². The highest BCUT2D eigenvalue weighted by atomic mass is 28.4. The van der Waals surface area contributed by atoms with E-state index in [4.69, 9.17) is 8.85 Å². The van der Waals surface area contributed by atoms with Crippen LogP contribution in [0.3, 0.4) is 0 Å². The van der Waals surface area contributed by atoms with Crippen molar-refractivity contribution in [1.29, 1.82) is 0 Å². The summed E-state index contributed by atoms with van der Waals surface area (Å²) in [7, 11) is -3.90. The first-order valence-electron chi connectivity index (χ1n) is 13.1. The van der Waals surface area contributed by atoms with Crippen LogP contribution in [0.15, 0.2) is 24.3 Å². The average molecular weight is 495 g/mol. The number of rotatable bonds is 11. The molecule has 0 radical (unpaired) electrons. The van der Waals surface area contributed by atoms with E-state index >= 15 is 0 Å². The largest absolute Gasteiger partial charge is 0.413 e. The molecule has 0 heterocycles. The van der Waals surface area contributed by atoms with E-state index in [1.165, 1.54) is 19.3 Å². The molecule has 0 aromatic carbocycles. The molecule has 3 nitrogen and oxygen atoms in total. The molecule has 1 fully saturated rings. The van der Waals surface area contributed by atoms with Gasteiger partial charge < -0.3 is 8.85 Å². The lowest BCUT2D eigenvalue weighted by Gasteiger charge is -2.40. The lowest BCUT2D eigenvalue weighted by molar-refractivity contribution is -0.115. The smallest absolute Gasteiger partial charge is 0.192 e. The van der Waals surface area contributed by atoms with Gasteiger partial charge in [-0.2, -0.15) is 0 Å². The minimum absolute atomic E-state index is 0.0527. The number of Topliss-reactive ketones (excluding diaryl/α,β-unsaturated/α-hetero) is 1. The Morgan fingerprint density at radius 2 is 1.61 bits per heavy atom. The number of carbonyl (C=O) groups excluding carboxylic acids is 1. The van der Waals surface area contributed by atoms with Gasteiger partial charge in [-0.05, 0) is 54.2 Å². The number of carbonyl (C=O) groups is 1. The molecule has 0 aliphatic heterocycles. The molecule has 0 bridgehead atoms. The molecule has 1 saturated carbocycles. The van der Waals surface area contributed by atoms with Gasteiger partial charge in [-0.15, -0.1) is 0 Å². The summed E-state index contributed by atoms with van der Waals surface area (Å²) in [6, 6.07) is 0. The zero-order valence-corrected chi connectivity index (χ0v) is 25.9. The molecule has 5 heteroatoms. The fraction of sp³-hybridized carbons (Fsp3) is 0.821. The van der Waals surface area contributed by atoms with Crippen LogP contribution in [0.25, 0.3) is 0 Å². The summed E-state index contributed by atoms with van der Waals surface area (Å²) in [6.07, 6.45) is 9.56. The van der Waals surface area contributed by atoms with Crippen LogP contribution in [-0.2, 0) is 13.6 Å². The van der Waals surface area contributed by atoms with E-state index in [1.54, 1.807) is 0 Å². The first-order chi connectivity index (χ1) is 14.8. The summed E-state index contributed by atoms with van der Waals surface area (Å²) < 4.78 is 13.6. The van der Waals surface area contributed by atoms with Gasteiger partial charge in [0.2, 0.25) is 0 Å². The molecule has 0 saturated heterocycles. The maximum atomic E-state index is 12.6. The monoisotopic (exact) mass is 494 g/mol. The van der Waals surface area contributed by atoms with Crippen molar-refractivity contribution >= 4 is 22.4 Å². The fourth-order valence-corrected chi connectivity index (χ4v) is 6.42. The first-order valence-corrected chi connectivity index (χ1v) is 18.9. The third-order valence-corrected chi connectivity index (χ3v) is 17.3. The molecular weight excluding hydrogens is 440 g/mol. The summed E-state index contributed by atoms with van der Waals surface area (Å²) in [6.45, 7) is 31.5. The second-order valence-electron chi connectivity index (χ2n) is 13.4. The van der Waals surface area contributed by atoms with Crippen LogP contribution < -0.4 is 0 Å². The van der Waals surface area contributed by atoms with E-state index < -0.39 is 16.6 Å². The van der Waals surface area contributed by atoms with Crippen molar-refractivity contribution in [3.05, 3.63) is 24.3 Å². The first kappa shape index (κ1) is 30.5. The Kier molecular flexibility index (Phi) is 10.6. The number of hydrogen-bond donors (Lipinski definition) is 0. The highest BCUT2D eigenvalue weighted by molar-refractivity contribution is 6.74. The Hall–Kier alpha value is -0.496. The van der Waals surface area contributed by atoms with Crippen LogP contribution in [0, 0.1) is 11.8 Å². The minimum atomic E-state index is -1.98. The van der Waals surface area contributed by atoms with Crippen molar-refractivity contribution in [2.45, 2.75) is 136 Å². The van der Waals surface area contributed by atoms with E-state index in [0.29, 0.717) is 17.9 Å². The van der Waals surface area contributed by atoms with Crippen molar-refractivity contribution < 1.29 is 13.6 Å². The fourth-order valence-electron chi connectivity index (χ4n) is 3.79. The quantitative estimate of drug-likeness (QED) is 0.164. The molecule has 1 aliphatic carbocycles. The standard InChI is InChI=1S/C28H54O3Si2/c1-14-15-16-21(2)19-23(30-32(10,11)27(4,5)6)17-18-24-22(3)25(29)20-26(24)31-33(12,13)28(7,8)9/h17-18,21,23-24,26H,3,14-16,19-20H2,1-2,4-13H3/b18-17+/t21-,23+,24+,26?/m0/s1. The Balaban J connectivity index is 3.15. The highest BCUT2D eigenvalue weighted by Crippen LogP contribution is 2.42. The van der Waals surface area contributed by atoms with Gasteiger partial charge >= 0.3 is 0 Å². The van der Waals surface area contributed by atoms with Gasteiger partial charge in [-0.3, -0.25) is 4.79 Å². The Morgan fingerprint density at radius 3 is 2.09 bits per heavy atom. The van der Waals surface area contributed by atoms with Crippen LogP contribution in [0.5, 0.6) is 0 Å². The molecule has 0 amide bonds. The van der Waals surface area contributed by atoms with Crippen molar-refractivity contribution in [2.75, 3.05) is 0 Å². The van der Waals surface area contributed by atoms with Gasteiger partial charge in [0.1, 0.15) is 0 Å². The number of ketones is 1. The topological polar surface area (TPSA) is 35.5 Å². The molecule has 0 aromatic heterocycles. The number of unbranched alkanes of at least 4 members (excludes halogenated alkanes) is 1. The molecule has 192 valence electrons. The molecule has 0 aromatic rings. The lowest BCUT2D eigenvalue weighted by Crippen LogP contribution is -2.45. The van der Waals surface area contributed by atoms with Crippen molar-refractivity contribution in [3.63, 3.8) is 0 Å². The molecule has 1 aliphatic rings. The highest BCUT2D eigenvalue weighted by Gasteiger charge is 2.45. The van der Waals surface area contributed by atoms with E-state index in [2.05, 4.69) is 100 Å². The normalized spacial score (nSPS) is 22.9. The van der Waals surface area contributed by atoms with Crippen LogP contribution in [-0.4, -0.2) is 34.6 Å². The lowest BCUT2D eigenvalue weighted by atomic mass is 9.95. The van der Waals surface area contributed by atoms with E-state index in [1.807, 2.05) is 0 Å². The third kappa shape index (κ3) is 8.59. The SMILES string of the molecule is C=C1C(=O)CC(O[Si](C)(C)C(C)(C)C)[C@@H]1/C=C/[C@H](C[C@@H](C)CCCC)O[Si](C)(C)C(C)(C)C. The van der Waals surface area contributed by atoms with E-state index in [0.717, 1.165) is 6.42 Å². The molecule has 4 atom stereocenters. The predicted octanol–water partition coefficient (Wildman–Crippen LogP) is 8.69. The second kappa shape index (κ2) is 11.5. The summed E-state index contributed by atoms with van der Waals surface area (Å²) >= 11 is 0. The van der Waals surface area contributed by atoms with Gasteiger partial charge in [-0.25, -0.2) is 0 Å². The molecular formula is C28H54O3Si2. The van der Waals surface area contributed by atoms with E-state index in [9.17, 15) is 4.79 Å². The summed E-state index contributed by atoms with van der Waals surface area (Å²) in [5.74, 6) is 0.701. The zero-order valence-electron chi connectivity index (χ0n) is 23.9. The van der Waals surface area contributed by atoms with Crippen LogP contribution >= 0.6 is 0 Å². The minimum Gasteiger partial charge on any atom is -0.413 e. The Labute approximate surface area is 208 Å². The molecule has 0 N–H and O–H groups in total. The maximum absolute atomic E-state index is 12.6. The Bertz CT molecular complexity index is 695. The maximum Gasteiger partial charge on any atom is 0.192 e. The average Bonchev–Trinajstić information content (AvgIpc) is 2.88. The summed E-state index contributed by atoms with van der Waals surface area (Å²) in [4.78, 5) is 12.6. The van der Waals surface area contributed by atoms with Crippen LogP contribution in [0.4, 0.5) is 0 Å². The van der Waals surface area contributed by atoms with Gasteiger partial charge in [0, 0.05) is 12.3 Å². The van der Waals surface area contributed by atoms with Gasteiger partial charge in [-0.1, -0.05) is 93.4 Å². The van der Waals surface area contributed by atoms with Crippen LogP contribution in [0.2, 0.25) is 36.3 Å². The van der Waals surface area contributed by atoms with Gasteiger partial charge in [0.05, 0.1) is 12.2 Å². The molecule has 1 unspecified atom stereocenters. The Morgan fingerprint density at radius 1 is 1.06 bits per heavy atom. The molecule has 33 heavy (non-hydrogen) atoms. The predicted molar refractivity (Wildman–Crippen MR) is 149 cm³/mol. The second-order valence-corrected chi connectivity index (χ2v) is 22.9. The number of hydrogen-bond acceptors (Lipinski definition) is 3. The van der Waals surface area contributed by atoms with Crippen molar-refractivity contribution in [3.8, 4) is 0 Å². The summed E-state index contributed by atoms with van der Waals surface area (Å²) in [5, 5.41) is 0.267. The summed E-state index contributed by atoms with van der Waals surface area (Å²) in [5.41, 5.74) is 0.695. The van der Waals surface area contributed by atoms with Crippen molar-refractivity contribution in [1.82, 2.24) is 0 Å². The molecule has 1 rings (SSSR count). The van der Waals surface area contributed by atoms with Gasteiger partial charge in [0.15, 0.2) is 22.4 Å². The zero-order chi connectivity index (χ0) is 25.8. The van der Waals surface area contributed by atoms with Crippen molar-refractivity contribution in [2.24, 2.45) is 11.8 Å². The third-order valence-electron chi connectivity index (χ3n) is 8.27. The van der Waals surface area contributed by atoms with E-state index in [-0.39, 0.29) is 34.0 Å². The van der Waals surface area contributed by atoms with Crippen LogP contribution in [0.1, 0.15) is 87.5 Å². The molecule has 0 spiro atoms.